The zero-order valence-electron chi connectivity index (χ0n) is 11.1. The first-order valence-electron chi connectivity index (χ1n) is 6.53. The van der Waals surface area contributed by atoms with Gasteiger partial charge < -0.3 is 0 Å². The minimum Gasteiger partial charge on any atom is -0.289 e. The number of hydrogen-bond donors (Lipinski definition) is 0. The SMILES string of the molecule is Cl.O=C1CCc2ccccc2N1c1cn2cccnc2n1. The van der Waals surface area contributed by atoms with Gasteiger partial charge in [0.2, 0.25) is 11.7 Å². The summed E-state index contributed by atoms with van der Waals surface area (Å²) < 4.78 is 1.82. The van der Waals surface area contributed by atoms with E-state index in [0.717, 1.165) is 12.1 Å². The zero-order valence-corrected chi connectivity index (χ0v) is 12.0. The normalized spacial score (nSPS) is 13.9. The van der Waals surface area contributed by atoms with Gasteiger partial charge in [-0.05, 0) is 24.1 Å². The summed E-state index contributed by atoms with van der Waals surface area (Å²) in [5.74, 6) is 1.30. The van der Waals surface area contributed by atoms with Crippen molar-refractivity contribution in [2.75, 3.05) is 4.90 Å². The van der Waals surface area contributed by atoms with Gasteiger partial charge in [0.1, 0.15) is 0 Å². The maximum absolute atomic E-state index is 12.3. The first kappa shape index (κ1) is 13.6. The van der Waals surface area contributed by atoms with Crippen LogP contribution in [0.15, 0.2) is 48.9 Å². The molecule has 1 aliphatic rings. The van der Waals surface area contributed by atoms with Crippen molar-refractivity contribution in [3.63, 3.8) is 0 Å². The number of aryl methyl sites for hydroxylation is 1. The molecule has 0 bridgehead atoms. The third-order valence-electron chi connectivity index (χ3n) is 3.54. The van der Waals surface area contributed by atoms with Crippen LogP contribution in [0.25, 0.3) is 5.78 Å². The average molecular weight is 301 g/mol. The summed E-state index contributed by atoms with van der Waals surface area (Å²) in [7, 11) is 0. The largest absolute Gasteiger partial charge is 0.289 e. The van der Waals surface area contributed by atoms with Gasteiger partial charge in [0.05, 0.1) is 11.9 Å². The molecule has 21 heavy (non-hydrogen) atoms. The van der Waals surface area contributed by atoms with Gasteiger partial charge in [0, 0.05) is 18.8 Å². The lowest BCUT2D eigenvalue weighted by atomic mass is 10.0. The number of carbonyl (C=O) groups excluding carboxylic acids is 1. The lowest BCUT2D eigenvalue weighted by molar-refractivity contribution is -0.118. The lowest BCUT2D eigenvalue weighted by Gasteiger charge is -2.27. The molecule has 0 N–H and O–H groups in total. The Hall–Kier alpha value is -2.40. The Morgan fingerprint density at radius 2 is 1.95 bits per heavy atom. The number of imidazole rings is 1. The summed E-state index contributed by atoms with van der Waals surface area (Å²) in [6.07, 6.45) is 6.70. The predicted octanol–water partition coefficient (Wildman–Crippen LogP) is 2.76. The Bertz CT molecular complexity index is 781. The molecule has 3 heterocycles. The second kappa shape index (κ2) is 5.18. The number of amides is 1. The number of anilines is 2. The Morgan fingerprint density at radius 3 is 2.81 bits per heavy atom. The van der Waals surface area contributed by atoms with E-state index in [4.69, 9.17) is 0 Å². The number of carbonyl (C=O) groups is 1. The lowest BCUT2D eigenvalue weighted by Crippen LogP contribution is -2.30. The smallest absolute Gasteiger partial charge is 0.235 e. The molecule has 0 unspecified atom stereocenters. The molecule has 1 amide bonds. The summed E-state index contributed by atoms with van der Waals surface area (Å²) in [5, 5.41) is 0. The Kier molecular flexibility index (Phi) is 3.35. The number of fused-ring (bicyclic) bond motifs is 2. The molecule has 106 valence electrons. The molecule has 0 spiro atoms. The first-order valence-corrected chi connectivity index (χ1v) is 6.53. The average Bonchev–Trinajstić information content (AvgIpc) is 2.90. The van der Waals surface area contributed by atoms with E-state index in [1.165, 1.54) is 5.56 Å². The number of para-hydroxylation sites is 1. The summed E-state index contributed by atoms with van der Waals surface area (Å²) >= 11 is 0. The fourth-order valence-electron chi connectivity index (χ4n) is 2.60. The van der Waals surface area contributed by atoms with Crippen LogP contribution in [0.4, 0.5) is 11.5 Å². The number of benzene rings is 1. The summed E-state index contributed by atoms with van der Waals surface area (Å²) in [4.78, 5) is 22.6. The van der Waals surface area contributed by atoms with Crippen molar-refractivity contribution in [2.45, 2.75) is 12.8 Å². The molecule has 5 nitrogen and oxygen atoms in total. The summed E-state index contributed by atoms with van der Waals surface area (Å²) in [6, 6.07) is 9.80. The highest BCUT2D eigenvalue weighted by molar-refractivity contribution is 6.02. The molecule has 0 saturated heterocycles. The number of rotatable bonds is 1. The van der Waals surface area contributed by atoms with Crippen molar-refractivity contribution in [2.24, 2.45) is 0 Å². The Morgan fingerprint density at radius 1 is 1.10 bits per heavy atom. The van der Waals surface area contributed by atoms with Crippen molar-refractivity contribution >= 4 is 35.6 Å². The third kappa shape index (κ3) is 2.15. The van der Waals surface area contributed by atoms with E-state index in [9.17, 15) is 4.79 Å². The molecule has 2 aromatic heterocycles. The van der Waals surface area contributed by atoms with Gasteiger partial charge in [-0.15, -0.1) is 12.4 Å². The molecule has 6 heteroatoms. The first-order chi connectivity index (χ1) is 9.83. The van der Waals surface area contributed by atoms with Crippen LogP contribution in [-0.2, 0) is 11.2 Å². The minimum absolute atomic E-state index is 0. The molecule has 0 saturated carbocycles. The van der Waals surface area contributed by atoms with Crippen molar-refractivity contribution in [1.29, 1.82) is 0 Å². The van der Waals surface area contributed by atoms with Crippen LogP contribution in [0.5, 0.6) is 0 Å². The van der Waals surface area contributed by atoms with E-state index in [-0.39, 0.29) is 18.3 Å². The fourth-order valence-corrected chi connectivity index (χ4v) is 2.60. The Labute approximate surface area is 127 Å². The molecule has 0 radical (unpaired) electrons. The van der Waals surface area contributed by atoms with Crippen LogP contribution in [0, 0.1) is 0 Å². The molecule has 0 fully saturated rings. The van der Waals surface area contributed by atoms with Crippen LogP contribution in [0.3, 0.4) is 0 Å². The summed E-state index contributed by atoms with van der Waals surface area (Å²) in [6.45, 7) is 0. The minimum atomic E-state index is 0. The van der Waals surface area contributed by atoms with E-state index >= 15 is 0 Å². The topological polar surface area (TPSA) is 50.5 Å². The second-order valence-corrected chi connectivity index (χ2v) is 4.78. The third-order valence-corrected chi connectivity index (χ3v) is 3.54. The number of nitrogens with zero attached hydrogens (tertiary/aromatic N) is 4. The quantitative estimate of drug-likeness (QED) is 0.694. The fraction of sp³-hybridized carbons (Fsp3) is 0.133. The molecular weight excluding hydrogens is 288 g/mol. The number of hydrogen-bond acceptors (Lipinski definition) is 3. The van der Waals surface area contributed by atoms with Gasteiger partial charge in [0.25, 0.3) is 0 Å². The van der Waals surface area contributed by atoms with Gasteiger partial charge in [0.15, 0.2) is 5.82 Å². The van der Waals surface area contributed by atoms with Crippen LogP contribution in [0.2, 0.25) is 0 Å². The monoisotopic (exact) mass is 300 g/mol. The van der Waals surface area contributed by atoms with E-state index in [2.05, 4.69) is 16.0 Å². The maximum atomic E-state index is 12.3. The van der Waals surface area contributed by atoms with Crippen molar-refractivity contribution in [3.8, 4) is 0 Å². The van der Waals surface area contributed by atoms with E-state index in [0.29, 0.717) is 18.0 Å². The number of halogens is 1. The van der Waals surface area contributed by atoms with E-state index in [1.807, 2.05) is 41.1 Å². The van der Waals surface area contributed by atoms with Gasteiger partial charge in [-0.3, -0.25) is 14.1 Å². The molecule has 0 atom stereocenters. The molecule has 0 aliphatic carbocycles. The van der Waals surface area contributed by atoms with Crippen LogP contribution < -0.4 is 4.90 Å². The molecular formula is C15H13ClN4O. The van der Waals surface area contributed by atoms with Crippen molar-refractivity contribution < 1.29 is 4.79 Å². The van der Waals surface area contributed by atoms with Gasteiger partial charge in [-0.2, -0.15) is 4.98 Å². The summed E-state index contributed by atoms with van der Waals surface area (Å²) in [5.41, 5.74) is 2.10. The second-order valence-electron chi connectivity index (χ2n) is 4.78. The van der Waals surface area contributed by atoms with Crippen LogP contribution in [0.1, 0.15) is 12.0 Å². The van der Waals surface area contributed by atoms with Gasteiger partial charge in [-0.25, -0.2) is 4.98 Å². The van der Waals surface area contributed by atoms with Gasteiger partial charge in [-0.1, -0.05) is 18.2 Å². The van der Waals surface area contributed by atoms with Crippen molar-refractivity contribution in [3.05, 3.63) is 54.5 Å². The van der Waals surface area contributed by atoms with E-state index in [1.54, 1.807) is 11.1 Å². The Balaban J connectivity index is 0.00000132. The standard InChI is InChI=1S/C15H12N4O.ClH/c20-14-7-6-11-4-1-2-5-12(11)19(14)13-10-18-9-3-8-16-15(18)17-13;/h1-5,8-10H,6-7H2;1H. The highest BCUT2D eigenvalue weighted by Gasteiger charge is 2.27. The van der Waals surface area contributed by atoms with Crippen LogP contribution in [-0.4, -0.2) is 20.3 Å². The molecule has 1 aliphatic heterocycles. The van der Waals surface area contributed by atoms with E-state index < -0.39 is 0 Å². The van der Waals surface area contributed by atoms with Crippen LogP contribution >= 0.6 is 12.4 Å². The predicted molar refractivity (Wildman–Crippen MR) is 82.1 cm³/mol. The highest BCUT2D eigenvalue weighted by Crippen LogP contribution is 2.33. The molecule has 1 aromatic carbocycles. The van der Waals surface area contributed by atoms with Gasteiger partial charge >= 0.3 is 0 Å². The maximum Gasteiger partial charge on any atom is 0.235 e. The molecule has 4 rings (SSSR count). The number of aromatic nitrogens is 3. The highest BCUT2D eigenvalue weighted by atomic mass is 35.5. The zero-order chi connectivity index (χ0) is 13.5. The van der Waals surface area contributed by atoms with Crippen molar-refractivity contribution in [1.82, 2.24) is 14.4 Å². The molecule has 3 aromatic rings.